The highest BCUT2D eigenvalue weighted by molar-refractivity contribution is 5.96. The van der Waals surface area contributed by atoms with Crippen molar-refractivity contribution in [3.8, 4) is 5.75 Å². The molecule has 0 radical (unpaired) electrons. The SMILES string of the molecule is COc1cccc(N2C(=O)CC(CO)C2C)c1. The van der Waals surface area contributed by atoms with Crippen LogP contribution >= 0.6 is 0 Å². The number of carbonyl (C=O) groups excluding carboxylic acids is 1. The number of amides is 1. The number of carbonyl (C=O) groups is 1. The zero-order valence-electron chi connectivity index (χ0n) is 10.1. The molecule has 0 bridgehead atoms. The van der Waals surface area contributed by atoms with E-state index in [4.69, 9.17) is 4.74 Å². The lowest BCUT2D eigenvalue weighted by atomic mass is 10.0. The van der Waals surface area contributed by atoms with Gasteiger partial charge >= 0.3 is 0 Å². The van der Waals surface area contributed by atoms with Crippen LogP contribution in [0, 0.1) is 5.92 Å². The van der Waals surface area contributed by atoms with E-state index in [1.54, 1.807) is 12.0 Å². The number of hydrogen-bond acceptors (Lipinski definition) is 3. The minimum Gasteiger partial charge on any atom is -0.497 e. The first-order valence-corrected chi connectivity index (χ1v) is 5.74. The summed E-state index contributed by atoms with van der Waals surface area (Å²) >= 11 is 0. The smallest absolute Gasteiger partial charge is 0.227 e. The highest BCUT2D eigenvalue weighted by Crippen LogP contribution is 2.32. The van der Waals surface area contributed by atoms with Gasteiger partial charge in [0.2, 0.25) is 5.91 Å². The molecule has 2 atom stereocenters. The zero-order chi connectivity index (χ0) is 12.4. The van der Waals surface area contributed by atoms with E-state index >= 15 is 0 Å². The number of methoxy groups -OCH3 is 1. The third-order valence-electron chi connectivity index (χ3n) is 3.36. The molecule has 4 heteroatoms. The molecule has 1 aliphatic heterocycles. The molecule has 1 saturated heterocycles. The van der Waals surface area contributed by atoms with Gasteiger partial charge in [-0.15, -0.1) is 0 Å². The number of hydrogen-bond donors (Lipinski definition) is 1. The number of nitrogens with zero attached hydrogens (tertiary/aromatic N) is 1. The average Bonchev–Trinajstić information content (AvgIpc) is 2.64. The number of rotatable bonds is 3. The van der Waals surface area contributed by atoms with Gasteiger partial charge in [-0.2, -0.15) is 0 Å². The first-order valence-electron chi connectivity index (χ1n) is 5.74. The summed E-state index contributed by atoms with van der Waals surface area (Å²) in [6.45, 7) is 2.01. The third-order valence-corrected chi connectivity index (χ3v) is 3.36. The summed E-state index contributed by atoms with van der Waals surface area (Å²) in [6.07, 6.45) is 0.412. The van der Waals surface area contributed by atoms with Crippen LogP contribution in [0.15, 0.2) is 24.3 Å². The molecule has 4 nitrogen and oxygen atoms in total. The molecular weight excluding hydrogens is 218 g/mol. The Balaban J connectivity index is 2.29. The number of ether oxygens (including phenoxy) is 1. The maximum atomic E-state index is 11.9. The standard InChI is InChI=1S/C13H17NO3/c1-9-10(8-15)6-13(16)14(9)11-4-3-5-12(7-11)17-2/h3-5,7,9-10,15H,6,8H2,1-2H3. The van der Waals surface area contributed by atoms with Gasteiger partial charge in [0.05, 0.1) is 7.11 Å². The van der Waals surface area contributed by atoms with E-state index in [1.807, 2.05) is 31.2 Å². The van der Waals surface area contributed by atoms with Crippen LogP contribution in [0.2, 0.25) is 0 Å². The monoisotopic (exact) mass is 235 g/mol. The van der Waals surface area contributed by atoms with Gasteiger partial charge in [0, 0.05) is 36.7 Å². The largest absolute Gasteiger partial charge is 0.497 e. The van der Waals surface area contributed by atoms with Gasteiger partial charge in [-0.25, -0.2) is 0 Å². The van der Waals surface area contributed by atoms with Gasteiger partial charge in [-0.05, 0) is 19.1 Å². The lowest BCUT2D eigenvalue weighted by molar-refractivity contribution is -0.117. The molecule has 1 aliphatic rings. The summed E-state index contributed by atoms with van der Waals surface area (Å²) in [5.74, 6) is 0.813. The Kier molecular flexibility index (Phi) is 3.33. The van der Waals surface area contributed by atoms with Crippen molar-refractivity contribution in [2.45, 2.75) is 19.4 Å². The molecule has 0 spiro atoms. The van der Waals surface area contributed by atoms with Crippen LogP contribution < -0.4 is 9.64 Å². The molecule has 2 rings (SSSR count). The Labute approximate surface area is 101 Å². The van der Waals surface area contributed by atoms with Crippen LogP contribution in [-0.4, -0.2) is 30.8 Å². The lowest BCUT2D eigenvalue weighted by Gasteiger charge is -2.24. The Bertz CT molecular complexity index is 419. The predicted octanol–water partition coefficient (Wildman–Crippen LogP) is 1.43. The van der Waals surface area contributed by atoms with Gasteiger partial charge in [0.15, 0.2) is 0 Å². The third kappa shape index (κ3) is 2.13. The first-order chi connectivity index (χ1) is 8.17. The van der Waals surface area contributed by atoms with E-state index in [2.05, 4.69) is 0 Å². The van der Waals surface area contributed by atoms with Crippen LogP contribution in [0.5, 0.6) is 5.75 Å². The maximum absolute atomic E-state index is 11.9. The van der Waals surface area contributed by atoms with Crippen LogP contribution in [0.25, 0.3) is 0 Å². The Morgan fingerprint density at radius 1 is 1.53 bits per heavy atom. The Hall–Kier alpha value is -1.55. The Morgan fingerprint density at radius 2 is 2.29 bits per heavy atom. The quantitative estimate of drug-likeness (QED) is 0.862. The summed E-state index contributed by atoms with van der Waals surface area (Å²) in [5, 5.41) is 9.22. The van der Waals surface area contributed by atoms with E-state index in [1.165, 1.54) is 0 Å². The fourth-order valence-corrected chi connectivity index (χ4v) is 2.29. The Morgan fingerprint density at radius 3 is 2.88 bits per heavy atom. The van der Waals surface area contributed by atoms with Gasteiger partial charge in [-0.3, -0.25) is 4.79 Å². The second-order valence-corrected chi connectivity index (χ2v) is 4.35. The molecule has 1 aromatic rings. The van der Waals surface area contributed by atoms with Crippen molar-refractivity contribution in [1.82, 2.24) is 0 Å². The molecule has 17 heavy (non-hydrogen) atoms. The molecule has 1 aromatic carbocycles. The van der Waals surface area contributed by atoms with Crippen molar-refractivity contribution < 1.29 is 14.6 Å². The summed E-state index contributed by atoms with van der Waals surface area (Å²) < 4.78 is 5.15. The summed E-state index contributed by atoms with van der Waals surface area (Å²) in [4.78, 5) is 13.7. The van der Waals surface area contributed by atoms with Gasteiger partial charge in [-0.1, -0.05) is 6.07 Å². The normalized spacial score (nSPS) is 24.2. The minimum absolute atomic E-state index is 0.0219. The van der Waals surface area contributed by atoms with Crippen LogP contribution in [-0.2, 0) is 4.79 Å². The molecule has 1 fully saturated rings. The molecule has 92 valence electrons. The molecule has 1 heterocycles. The van der Waals surface area contributed by atoms with Crippen molar-refractivity contribution in [1.29, 1.82) is 0 Å². The van der Waals surface area contributed by atoms with Gasteiger partial charge in [0.1, 0.15) is 5.75 Å². The zero-order valence-corrected chi connectivity index (χ0v) is 10.1. The second kappa shape index (κ2) is 4.75. The molecular formula is C13H17NO3. The van der Waals surface area contributed by atoms with Crippen molar-refractivity contribution in [2.75, 3.05) is 18.6 Å². The fraction of sp³-hybridized carbons (Fsp3) is 0.462. The molecule has 1 N–H and O–H groups in total. The predicted molar refractivity (Wildman–Crippen MR) is 65.1 cm³/mol. The van der Waals surface area contributed by atoms with Gasteiger partial charge in [0.25, 0.3) is 0 Å². The molecule has 0 aliphatic carbocycles. The van der Waals surface area contributed by atoms with Crippen molar-refractivity contribution in [3.05, 3.63) is 24.3 Å². The highest BCUT2D eigenvalue weighted by atomic mass is 16.5. The summed E-state index contributed by atoms with van der Waals surface area (Å²) in [6, 6.07) is 7.46. The highest BCUT2D eigenvalue weighted by Gasteiger charge is 2.37. The average molecular weight is 235 g/mol. The van der Waals surface area contributed by atoms with E-state index in [-0.39, 0.29) is 24.5 Å². The van der Waals surface area contributed by atoms with E-state index in [0.29, 0.717) is 6.42 Å². The topological polar surface area (TPSA) is 49.8 Å². The molecule has 2 unspecified atom stereocenters. The van der Waals surface area contributed by atoms with Crippen LogP contribution in [0.3, 0.4) is 0 Å². The summed E-state index contributed by atoms with van der Waals surface area (Å²) in [7, 11) is 1.60. The van der Waals surface area contributed by atoms with Crippen LogP contribution in [0.4, 0.5) is 5.69 Å². The maximum Gasteiger partial charge on any atom is 0.227 e. The van der Waals surface area contributed by atoms with Crippen molar-refractivity contribution >= 4 is 11.6 Å². The lowest BCUT2D eigenvalue weighted by Crippen LogP contribution is -2.33. The van der Waals surface area contributed by atoms with E-state index in [0.717, 1.165) is 11.4 Å². The van der Waals surface area contributed by atoms with Crippen molar-refractivity contribution in [3.63, 3.8) is 0 Å². The van der Waals surface area contributed by atoms with Gasteiger partial charge < -0.3 is 14.7 Å². The van der Waals surface area contributed by atoms with Crippen LogP contribution in [0.1, 0.15) is 13.3 Å². The summed E-state index contributed by atoms with van der Waals surface area (Å²) in [5.41, 5.74) is 0.831. The fourth-order valence-electron chi connectivity index (χ4n) is 2.29. The second-order valence-electron chi connectivity index (χ2n) is 4.35. The molecule has 0 saturated carbocycles. The number of benzene rings is 1. The first kappa shape index (κ1) is 11.9. The van der Waals surface area contributed by atoms with E-state index < -0.39 is 0 Å². The molecule has 1 amide bonds. The number of aliphatic hydroxyl groups excluding tert-OH is 1. The minimum atomic E-state index is 0.0219. The van der Waals surface area contributed by atoms with E-state index in [9.17, 15) is 9.90 Å². The number of anilines is 1. The van der Waals surface area contributed by atoms with Crippen molar-refractivity contribution in [2.24, 2.45) is 5.92 Å². The number of aliphatic hydroxyl groups is 1. The molecule has 0 aromatic heterocycles.